The van der Waals surface area contributed by atoms with E-state index in [0.717, 1.165) is 72.8 Å². The molecule has 0 radical (unpaired) electrons. The van der Waals surface area contributed by atoms with Crippen LogP contribution in [0.5, 0.6) is 0 Å². The molecule has 0 atom stereocenters. The number of hydrogen-bond acceptors (Lipinski definition) is 2. The van der Waals surface area contributed by atoms with Crippen molar-refractivity contribution in [1.82, 2.24) is 9.97 Å². The van der Waals surface area contributed by atoms with E-state index in [9.17, 15) is 0 Å². The summed E-state index contributed by atoms with van der Waals surface area (Å²) in [5, 5.41) is 4.61. The van der Waals surface area contributed by atoms with E-state index in [1.807, 2.05) is 6.07 Å². The highest BCUT2D eigenvalue weighted by Crippen LogP contribution is 2.50. The minimum Gasteiger partial charge on any atom is -0.248 e. The van der Waals surface area contributed by atoms with Crippen LogP contribution in [0.2, 0.25) is 0 Å². The Morgan fingerprint density at radius 2 is 1.15 bits per heavy atom. The Bertz CT molecular complexity index is 3340. The van der Waals surface area contributed by atoms with E-state index in [4.69, 9.17) is 9.97 Å². The van der Waals surface area contributed by atoms with Crippen LogP contribution in [0.4, 0.5) is 0 Å². The second-order valence-electron chi connectivity index (χ2n) is 17.8. The average Bonchev–Trinajstić information content (AvgIpc) is 3.55. The van der Waals surface area contributed by atoms with Gasteiger partial charge in [-0.15, -0.1) is 0 Å². The van der Waals surface area contributed by atoms with Gasteiger partial charge in [0.05, 0.1) is 22.4 Å². The Morgan fingerprint density at radius 1 is 0.459 bits per heavy atom. The van der Waals surface area contributed by atoms with Crippen molar-refractivity contribution in [1.29, 1.82) is 0 Å². The number of allylic oxidation sites excluding steroid dienone is 5. The molecule has 2 aliphatic carbocycles. The monoisotopic (exact) mass is 782 g/mol. The van der Waals surface area contributed by atoms with E-state index in [0.29, 0.717) is 0 Å². The molecule has 2 heteroatoms. The topological polar surface area (TPSA) is 25.8 Å². The van der Waals surface area contributed by atoms with Crippen molar-refractivity contribution < 1.29 is 0 Å². The first-order chi connectivity index (χ1) is 29.6. The summed E-state index contributed by atoms with van der Waals surface area (Å²) < 4.78 is 0. The predicted octanol–water partition coefficient (Wildman–Crippen LogP) is 15.4. The molecule has 11 rings (SSSR count). The molecule has 0 aliphatic heterocycles. The predicted molar refractivity (Wildman–Crippen MR) is 258 cm³/mol. The van der Waals surface area contributed by atoms with Gasteiger partial charge >= 0.3 is 0 Å². The molecular weight excluding hydrogens is 737 g/mol. The highest BCUT2D eigenvalue weighted by Gasteiger charge is 2.35. The maximum atomic E-state index is 5.61. The molecule has 61 heavy (non-hydrogen) atoms. The molecule has 0 unspecified atom stereocenters. The quantitative estimate of drug-likeness (QED) is 0.166. The van der Waals surface area contributed by atoms with E-state index >= 15 is 0 Å². The molecule has 0 saturated heterocycles. The van der Waals surface area contributed by atoms with Crippen LogP contribution in [0.25, 0.3) is 88.5 Å². The van der Waals surface area contributed by atoms with Crippen LogP contribution in [0.15, 0.2) is 194 Å². The van der Waals surface area contributed by atoms with Gasteiger partial charge in [0.15, 0.2) is 0 Å². The van der Waals surface area contributed by atoms with E-state index in [2.05, 4.69) is 210 Å². The fraction of sp³-hybridized carbons (Fsp3) is 0.119. The van der Waals surface area contributed by atoms with E-state index in [1.165, 1.54) is 49.9 Å². The molecule has 9 aromatic rings. The smallest absolute Gasteiger partial charge is 0.0794 e. The van der Waals surface area contributed by atoms with Gasteiger partial charge in [-0.25, -0.2) is 9.97 Å². The van der Waals surface area contributed by atoms with Gasteiger partial charge in [-0.3, -0.25) is 0 Å². The average molecular weight is 783 g/mol. The fourth-order valence-corrected chi connectivity index (χ4v) is 9.92. The van der Waals surface area contributed by atoms with Gasteiger partial charge in [0.2, 0.25) is 0 Å². The first kappa shape index (κ1) is 36.9. The van der Waals surface area contributed by atoms with Gasteiger partial charge in [0.25, 0.3) is 0 Å². The summed E-state index contributed by atoms with van der Waals surface area (Å²) in [4.78, 5) is 10.6. The minimum atomic E-state index is -0.256. The van der Waals surface area contributed by atoms with Crippen LogP contribution in [0.1, 0.15) is 49.9 Å². The lowest BCUT2D eigenvalue weighted by atomic mass is 9.75. The summed E-state index contributed by atoms with van der Waals surface area (Å²) >= 11 is 0. The Labute approximate surface area is 358 Å². The zero-order valence-electron chi connectivity index (χ0n) is 35.1. The molecule has 0 fully saturated rings. The number of pyridine rings is 2. The third kappa shape index (κ3) is 6.00. The Morgan fingerprint density at radius 3 is 2.02 bits per heavy atom. The van der Waals surface area contributed by atoms with Crippen LogP contribution in [-0.2, 0) is 17.3 Å². The van der Waals surface area contributed by atoms with Crippen LogP contribution in [0, 0.1) is 0 Å². The molecule has 0 bridgehead atoms. The number of hydrogen-bond donors (Lipinski definition) is 0. The van der Waals surface area contributed by atoms with Crippen molar-refractivity contribution in [3.8, 4) is 55.9 Å². The van der Waals surface area contributed by atoms with Gasteiger partial charge < -0.3 is 0 Å². The van der Waals surface area contributed by atoms with Crippen molar-refractivity contribution >= 4 is 32.6 Å². The number of benzene rings is 7. The standard InChI is InChI=1S/C59H46N2/c1-37-15-7-6-8-16-39-25-28-43(34-52(39)58(37,2)3)56-36-49(38-23-26-41(27-24-38)55-32-30-40-17-9-14-22-54(40)60-55)50-35-48(44-18-10-11-20-47(44)57(50)61-56)42-29-31-46-45-19-12-13-21-51(45)59(4,5)53(46)33-42/h6-15,17-36H,1,16H2,2-5H3/b8-6-,15-7-. The minimum absolute atomic E-state index is 0.0997. The SMILES string of the molecule is C=C1/C=C\C=C/Cc2ccc(-c3cc(-c4ccc(-c5ccc6ccccc6n5)cc4)c4cc(-c5ccc6c(c5)C(C)(C)c5ccccc5-6)c5ccccc5c4n3)cc2C1(C)C. The molecule has 2 heterocycles. The lowest BCUT2D eigenvalue weighted by Crippen LogP contribution is -2.20. The molecule has 292 valence electrons. The lowest BCUT2D eigenvalue weighted by Gasteiger charge is -2.29. The molecule has 2 nitrogen and oxygen atoms in total. The Hall–Kier alpha value is -7.16. The van der Waals surface area contributed by atoms with Gasteiger partial charge in [0.1, 0.15) is 0 Å². The number of fused-ring (bicyclic) bond motifs is 8. The van der Waals surface area contributed by atoms with E-state index in [-0.39, 0.29) is 10.8 Å². The molecule has 0 amide bonds. The van der Waals surface area contributed by atoms with Crippen molar-refractivity contribution in [3.63, 3.8) is 0 Å². The van der Waals surface area contributed by atoms with Gasteiger partial charge in [-0.2, -0.15) is 0 Å². The van der Waals surface area contributed by atoms with Gasteiger partial charge in [-0.05, 0) is 109 Å². The van der Waals surface area contributed by atoms with Crippen LogP contribution < -0.4 is 0 Å². The van der Waals surface area contributed by atoms with Crippen LogP contribution >= 0.6 is 0 Å². The summed E-state index contributed by atoms with van der Waals surface area (Å²) in [6.07, 6.45) is 9.48. The van der Waals surface area contributed by atoms with Crippen molar-refractivity contribution in [2.75, 3.05) is 0 Å². The molecular formula is C59H46N2. The largest absolute Gasteiger partial charge is 0.248 e. The van der Waals surface area contributed by atoms with Crippen molar-refractivity contribution in [2.45, 2.75) is 44.9 Å². The second-order valence-corrected chi connectivity index (χ2v) is 17.8. The first-order valence-electron chi connectivity index (χ1n) is 21.4. The van der Waals surface area contributed by atoms with Crippen LogP contribution in [0.3, 0.4) is 0 Å². The summed E-state index contributed by atoms with van der Waals surface area (Å²) in [5.74, 6) is 0. The summed E-state index contributed by atoms with van der Waals surface area (Å²) in [6.45, 7) is 13.8. The third-order valence-electron chi connectivity index (χ3n) is 13.6. The molecule has 0 spiro atoms. The van der Waals surface area contributed by atoms with E-state index in [1.54, 1.807) is 0 Å². The second kappa shape index (κ2) is 14.0. The molecule has 2 aliphatic rings. The molecule has 7 aromatic carbocycles. The highest BCUT2D eigenvalue weighted by atomic mass is 14.7. The Kier molecular flexibility index (Phi) is 8.44. The summed E-state index contributed by atoms with van der Waals surface area (Å²) in [5.41, 5.74) is 19.6. The first-order valence-corrected chi connectivity index (χ1v) is 21.4. The van der Waals surface area contributed by atoms with Crippen LogP contribution in [-0.4, -0.2) is 9.97 Å². The third-order valence-corrected chi connectivity index (χ3v) is 13.6. The number of rotatable bonds is 4. The Balaban J connectivity index is 1.13. The summed E-state index contributed by atoms with van der Waals surface area (Å²) in [6, 6.07) is 57.9. The zero-order valence-corrected chi connectivity index (χ0v) is 35.1. The fourth-order valence-electron chi connectivity index (χ4n) is 9.92. The molecule has 0 N–H and O–H groups in total. The zero-order chi connectivity index (χ0) is 41.5. The highest BCUT2D eigenvalue weighted by molar-refractivity contribution is 6.16. The van der Waals surface area contributed by atoms with Crippen molar-refractivity contribution in [2.24, 2.45) is 0 Å². The molecule has 2 aromatic heterocycles. The van der Waals surface area contributed by atoms with E-state index < -0.39 is 0 Å². The number of aromatic nitrogens is 2. The maximum absolute atomic E-state index is 5.61. The van der Waals surface area contributed by atoms with Gasteiger partial charge in [-0.1, -0.05) is 180 Å². The van der Waals surface area contributed by atoms with Crippen molar-refractivity contribution in [3.05, 3.63) is 216 Å². The number of para-hydroxylation sites is 1. The normalized spacial score (nSPS) is 16.0. The maximum Gasteiger partial charge on any atom is 0.0794 e. The lowest BCUT2D eigenvalue weighted by molar-refractivity contribution is 0.635. The number of nitrogens with zero attached hydrogens (tertiary/aromatic N) is 2. The summed E-state index contributed by atoms with van der Waals surface area (Å²) in [7, 11) is 0. The molecule has 0 saturated carbocycles. The van der Waals surface area contributed by atoms with Gasteiger partial charge in [0, 0.05) is 38.1 Å².